The lowest BCUT2D eigenvalue weighted by Gasteiger charge is -2.22. The predicted molar refractivity (Wildman–Crippen MR) is 56.0 cm³/mol. The van der Waals surface area contributed by atoms with Crippen LogP contribution in [0.3, 0.4) is 0 Å². The highest BCUT2D eigenvalue weighted by Gasteiger charge is 2.31. The van der Waals surface area contributed by atoms with Crippen LogP contribution in [0.25, 0.3) is 0 Å². The number of aliphatic hydroxyl groups excluding tert-OH is 1. The first-order chi connectivity index (χ1) is 6.79. The van der Waals surface area contributed by atoms with E-state index < -0.39 is 0 Å². The molecule has 82 valence electrons. The fourth-order valence-corrected chi connectivity index (χ4v) is 1.60. The summed E-state index contributed by atoms with van der Waals surface area (Å²) in [5, 5.41) is 8.66. The Balaban J connectivity index is 2.28. The van der Waals surface area contributed by atoms with E-state index in [1.165, 1.54) is 12.8 Å². The Kier molecular flexibility index (Phi) is 4.94. The van der Waals surface area contributed by atoms with Gasteiger partial charge in [0.25, 0.3) is 0 Å². The summed E-state index contributed by atoms with van der Waals surface area (Å²) in [5.41, 5.74) is 0. The zero-order chi connectivity index (χ0) is 10.4. The van der Waals surface area contributed by atoms with Gasteiger partial charge in [-0.15, -0.1) is 0 Å². The van der Waals surface area contributed by atoms with Crippen LogP contribution in [0.15, 0.2) is 0 Å². The first-order valence-corrected chi connectivity index (χ1v) is 5.70. The summed E-state index contributed by atoms with van der Waals surface area (Å²) in [4.78, 5) is 13.7. The smallest absolute Gasteiger partial charge is 0.222 e. The Morgan fingerprint density at radius 2 is 2.14 bits per heavy atom. The SMILES string of the molecule is CCCCN(C(=O)CCCO)C1CC1. The molecule has 0 heterocycles. The number of rotatable bonds is 7. The Labute approximate surface area is 86.1 Å². The quantitative estimate of drug-likeness (QED) is 0.676. The van der Waals surface area contributed by atoms with Crippen molar-refractivity contribution in [2.45, 2.75) is 51.5 Å². The first-order valence-electron chi connectivity index (χ1n) is 5.70. The van der Waals surface area contributed by atoms with Crippen molar-refractivity contribution >= 4 is 5.91 Å². The second-order valence-corrected chi connectivity index (χ2v) is 4.00. The molecule has 1 amide bonds. The lowest BCUT2D eigenvalue weighted by Crippen LogP contribution is -2.33. The van der Waals surface area contributed by atoms with Crippen molar-refractivity contribution in [1.82, 2.24) is 4.90 Å². The van der Waals surface area contributed by atoms with Crippen LogP contribution in [-0.4, -0.2) is 35.1 Å². The Morgan fingerprint density at radius 1 is 1.43 bits per heavy atom. The molecule has 0 bridgehead atoms. The summed E-state index contributed by atoms with van der Waals surface area (Å²) in [6.07, 6.45) is 5.70. The van der Waals surface area contributed by atoms with E-state index in [0.717, 1.165) is 19.4 Å². The zero-order valence-corrected chi connectivity index (χ0v) is 9.04. The maximum absolute atomic E-state index is 11.7. The third-order valence-electron chi connectivity index (χ3n) is 2.61. The standard InChI is InChI=1S/C11H21NO2/c1-2-3-8-12(10-6-7-10)11(14)5-4-9-13/h10,13H,2-9H2,1H3. The van der Waals surface area contributed by atoms with Gasteiger partial charge < -0.3 is 10.0 Å². The molecule has 0 atom stereocenters. The third kappa shape index (κ3) is 3.66. The highest BCUT2D eigenvalue weighted by Crippen LogP contribution is 2.27. The number of unbranched alkanes of at least 4 members (excludes halogenated alkanes) is 1. The van der Waals surface area contributed by atoms with Crippen LogP contribution >= 0.6 is 0 Å². The van der Waals surface area contributed by atoms with Crippen molar-refractivity contribution in [3.63, 3.8) is 0 Å². The largest absolute Gasteiger partial charge is 0.396 e. The number of carbonyl (C=O) groups excluding carboxylic acids is 1. The van der Waals surface area contributed by atoms with Crippen molar-refractivity contribution < 1.29 is 9.90 Å². The maximum atomic E-state index is 11.7. The van der Waals surface area contributed by atoms with Crippen LogP contribution < -0.4 is 0 Å². The number of hydrogen-bond acceptors (Lipinski definition) is 2. The highest BCUT2D eigenvalue weighted by molar-refractivity contribution is 5.76. The molecule has 1 fully saturated rings. The highest BCUT2D eigenvalue weighted by atomic mass is 16.3. The van der Waals surface area contributed by atoms with E-state index in [-0.39, 0.29) is 12.5 Å². The Bertz CT molecular complexity index is 178. The van der Waals surface area contributed by atoms with Gasteiger partial charge >= 0.3 is 0 Å². The van der Waals surface area contributed by atoms with Crippen LogP contribution in [-0.2, 0) is 4.79 Å². The topological polar surface area (TPSA) is 40.5 Å². The van der Waals surface area contributed by atoms with Crippen LogP contribution in [0.5, 0.6) is 0 Å². The number of hydrogen-bond donors (Lipinski definition) is 1. The van der Waals surface area contributed by atoms with Crippen LogP contribution in [0.4, 0.5) is 0 Å². The van der Waals surface area contributed by atoms with E-state index >= 15 is 0 Å². The first kappa shape index (κ1) is 11.5. The van der Waals surface area contributed by atoms with E-state index in [9.17, 15) is 4.79 Å². The molecule has 0 spiro atoms. The summed E-state index contributed by atoms with van der Waals surface area (Å²) < 4.78 is 0. The molecule has 1 aliphatic carbocycles. The van der Waals surface area contributed by atoms with Gasteiger partial charge in [-0.3, -0.25) is 4.79 Å². The van der Waals surface area contributed by atoms with Crippen molar-refractivity contribution in [3.8, 4) is 0 Å². The summed E-state index contributed by atoms with van der Waals surface area (Å²) in [6.45, 7) is 3.17. The molecule has 1 rings (SSSR count). The molecule has 0 unspecified atom stereocenters. The molecule has 0 aliphatic heterocycles. The van der Waals surface area contributed by atoms with Gasteiger partial charge in [0.1, 0.15) is 0 Å². The molecule has 1 aliphatic rings. The molecule has 3 heteroatoms. The summed E-state index contributed by atoms with van der Waals surface area (Å²) in [6, 6.07) is 0.521. The number of nitrogens with zero attached hydrogens (tertiary/aromatic N) is 1. The minimum Gasteiger partial charge on any atom is -0.396 e. The van der Waals surface area contributed by atoms with Gasteiger partial charge in [0.15, 0.2) is 0 Å². The monoisotopic (exact) mass is 199 g/mol. The molecule has 0 radical (unpaired) electrons. The maximum Gasteiger partial charge on any atom is 0.222 e. The van der Waals surface area contributed by atoms with Gasteiger partial charge in [-0.2, -0.15) is 0 Å². The number of carbonyl (C=O) groups is 1. The molecule has 3 nitrogen and oxygen atoms in total. The average Bonchev–Trinajstić information content (AvgIpc) is 2.99. The van der Waals surface area contributed by atoms with Crippen molar-refractivity contribution in [1.29, 1.82) is 0 Å². The normalized spacial score (nSPS) is 15.6. The van der Waals surface area contributed by atoms with E-state index in [2.05, 4.69) is 6.92 Å². The van der Waals surface area contributed by atoms with Gasteiger partial charge in [-0.1, -0.05) is 13.3 Å². The molecule has 14 heavy (non-hydrogen) atoms. The van der Waals surface area contributed by atoms with Gasteiger partial charge in [-0.05, 0) is 25.7 Å². The van der Waals surface area contributed by atoms with Gasteiger partial charge in [0.2, 0.25) is 5.91 Å². The molecule has 1 N–H and O–H groups in total. The van der Waals surface area contributed by atoms with Gasteiger partial charge in [0.05, 0.1) is 0 Å². The molecule has 1 saturated carbocycles. The average molecular weight is 199 g/mol. The summed E-state index contributed by atoms with van der Waals surface area (Å²) in [7, 11) is 0. The van der Waals surface area contributed by atoms with Crippen LogP contribution in [0, 0.1) is 0 Å². The lowest BCUT2D eigenvalue weighted by atomic mass is 10.2. The molecule has 0 aromatic rings. The molecule has 0 aromatic carbocycles. The van der Waals surface area contributed by atoms with Gasteiger partial charge in [0, 0.05) is 25.6 Å². The number of aliphatic hydroxyl groups is 1. The zero-order valence-electron chi connectivity index (χ0n) is 9.04. The second-order valence-electron chi connectivity index (χ2n) is 4.00. The lowest BCUT2D eigenvalue weighted by molar-refractivity contribution is -0.132. The summed E-state index contributed by atoms with van der Waals surface area (Å²) in [5.74, 6) is 0.231. The Morgan fingerprint density at radius 3 is 2.64 bits per heavy atom. The molecular formula is C11H21NO2. The molecular weight excluding hydrogens is 178 g/mol. The van der Waals surface area contributed by atoms with Crippen LogP contribution in [0.2, 0.25) is 0 Å². The van der Waals surface area contributed by atoms with E-state index in [1.807, 2.05) is 4.90 Å². The van der Waals surface area contributed by atoms with Gasteiger partial charge in [-0.25, -0.2) is 0 Å². The van der Waals surface area contributed by atoms with Crippen molar-refractivity contribution in [3.05, 3.63) is 0 Å². The van der Waals surface area contributed by atoms with E-state index in [0.29, 0.717) is 18.9 Å². The van der Waals surface area contributed by atoms with E-state index in [1.54, 1.807) is 0 Å². The molecule has 0 saturated heterocycles. The van der Waals surface area contributed by atoms with Crippen molar-refractivity contribution in [2.75, 3.05) is 13.2 Å². The number of amides is 1. The fourth-order valence-electron chi connectivity index (χ4n) is 1.60. The Hall–Kier alpha value is -0.570. The molecule has 0 aromatic heterocycles. The minimum atomic E-state index is 0.123. The van der Waals surface area contributed by atoms with Crippen LogP contribution in [0.1, 0.15) is 45.4 Å². The summed E-state index contributed by atoms with van der Waals surface area (Å²) >= 11 is 0. The van der Waals surface area contributed by atoms with Crippen molar-refractivity contribution in [2.24, 2.45) is 0 Å². The predicted octanol–water partition coefficient (Wildman–Crippen LogP) is 1.55. The third-order valence-corrected chi connectivity index (χ3v) is 2.61. The minimum absolute atomic E-state index is 0.123. The fraction of sp³-hybridized carbons (Fsp3) is 0.909. The second kappa shape index (κ2) is 6.02. The van der Waals surface area contributed by atoms with E-state index in [4.69, 9.17) is 5.11 Å².